The highest BCUT2D eigenvalue weighted by Crippen LogP contribution is 2.33. The van der Waals surface area contributed by atoms with Crippen LogP contribution in [0, 0.1) is 5.82 Å². The molecule has 188 valence electrons. The molecule has 0 aliphatic rings. The van der Waals surface area contributed by atoms with E-state index in [9.17, 15) is 22.4 Å². The molecule has 0 radical (unpaired) electrons. The molecule has 0 atom stereocenters. The van der Waals surface area contributed by atoms with Gasteiger partial charge in [-0.05, 0) is 47.5 Å². The molecule has 0 saturated heterocycles. The molecule has 6 nitrogen and oxygen atoms in total. The van der Waals surface area contributed by atoms with E-state index >= 15 is 0 Å². The minimum absolute atomic E-state index is 0.180. The number of hydrogen-bond acceptors (Lipinski definition) is 5. The topological polar surface area (TPSA) is 76.1 Å². The maximum Gasteiger partial charge on any atom is 0.419 e. The summed E-state index contributed by atoms with van der Waals surface area (Å²) in [7, 11) is 0. The molecule has 1 heterocycles. The minimum Gasteiger partial charge on any atom is -0.439 e. The van der Waals surface area contributed by atoms with Crippen molar-refractivity contribution in [3.05, 3.63) is 114 Å². The van der Waals surface area contributed by atoms with Crippen molar-refractivity contribution >= 4 is 23.6 Å². The highest BCUT2D eigenvalue weighted by Gasteiger charge is 2.34. The van der Waals surface area contributed by atoms with Crippen molar-refractivity contribution < 1.29 is 27.1 Å². The lowest BCUT2D eigenvalue weighted by molar-refractivity contribution is -0.140. The zero-order valence-corrected chi connectivity index (χ0v) is 19.2. The van der Waals surface area contributed by atoms with E-state index in [1.807, 2.05) is 30.3 Å². The number of nitrogens with zero attached hydrogens (tertiary/aromatic N) is 2. The number of anilines is 2. The van der Waals surface area contributed by atoms with Gasteiger partial charge in [0.05, 0.1) is 5.56 Å². The van der Waals surface area contributed by atoms with Crippen LogP contribution in [0.2, 0.25) is 0 Å². The first-order valence-electron chi connectivity index (χ1n) is 11.0. The Hall–Kier alpha value is -4.73. The minimum atomic E-state index is -4.87. The number of ether oxygens (including phenoxy) is 1. The summed E-state index contributed by atoms with van der Waals surface area (Å²) in [6.45, 7) is 0.544. The number of alkyl halides is 3. The summed E-state index contributed by atoms with van der Waals surface area (Å²) in [5, 5.41) is 5.41. The zero-order valence-electron chi connectivity index (χ0n) is 19.2. The van der Waals surface area contributed by atoms with Crippen molar-refractivity contribution in [2.45, 2.75) is 12.7 Å². The highest BCUT2D eigenvalue weighted by molar-refractivity contribution is 6.02. The van der Waals surface area contributed by atoms with E-state index in [1.165, 1.54) is 6.08 Å². The number of hydrogen-bond donors (Lipinski definition) is 2. The Bertz CT molecular complexity index is 1410. The smallest absolute Gasteiger partial charge is 0.419 e. The molecule has 0 fully saturated rings. The first kappa shape index (κ1) is 25.4. The first-order valence-corrected chi connectivity index (χ1v) is 11.0. The van der Waals surface area contributed by atoms with Crippen molar-refractivity contribution in [1.82, 2.24) is 9.97 Å². The molecule has 0 unspecified atom stereocenters. The Morgan fingerprint density at radius 2 is 1.78 bits per heavy atom. The van der Waals surface area contributed by atoms with Crippen molar-refractivity contribution in [3.8, 4) is 11.6 Å². The second-order valence-electron chi connectivity index (χ2n) is 7.75. The van der Waals surface area contributed by atoms with Crippen molar-refractivity contribution in [3.63, 3.8) is 0 Å². The molecule has 0 bridgehead atoms. The maximum absolute atomic E-state index is 13.4. The van der Waals surface area contributed by atoms with Crippen LogP contribution < -0.4 is 15.4 Å². The molecule has 0 spiro atoms. The molecule has 10 heteroatoms. The van der Waals surface area contributed by atoms with E-state index in [-0.39, 0.29) is 5.69 Å². The van der Waals surface area contributed by atoms with Crippen molar-refractivity contribution in [2.75, 3.05) is 10.6 Å². The summed E-state index contributed by atoms with van der Waals surface area (Å²) in [6.07, 6.45) is -0.706. The van der Waals surface area contributed by atoms with Crippen LogP contribution in [0.3, 0.4) is 0 Å². The Balaban J connectivity index is 1.37. The monoisotopic (exact) mass is 508 g/mol. The van der Waals surface area contributed by atoms with E-state index < -0.39 is 23.5 Å². The van der Waals surface area contributed by atoms with Gasteiger partial charge in [0.15, 0.2) is 0 Å². The van der Waals surface area contributed by atoms with Crippen molar-refractivity contribution in [1.29, 1.82) is 0 Å². The second-order valence-corrected chi connectivity index (χ2v) is 7.75. The largest absolute Gasteiger partial charge is 0.439 e. The molecule has 0 aliphatic carbocycles. The van der Waals surface area contributed by atoms with Gasteiger partial charge < -0.3 is 15.4 Å². The van der Waals surface area contributed by atoms with Crippen molar-refractivity contribution in [2.24, 2.45) is 0 Å². The fraction of sp³-hybridized carbons (Fsp3) is 0.0741. The lowest BCUT2D eigenvalue weighted by Gasteiger charge is -2.10. The Morgan fingerprint density at radius 1 is 0.973 bits per heavy atom. The third kappa shape index (κ3) is 7.38. The third-order valence-electron chi connectivity index (χ3n) is 4.97. The van der Waals surface area contributed by atoms with Gasteiger partial charge in [0.2, 0.25) is 17.7 Å². The average molecular weight is 508 g/mol. The zero-order chi connectivity index (χ0) is 26.3. The molecule has 2 N–H and O–H groups in total. The SMILES string of the molecule is O=C(C=Cc1cccc(Oc2ccnc(NCc3ccccc3)n2)c1)Nc1ccc(F)c(C(F)(F)F)c1. The van der Waals surface area contributed by atoms with Crippen LogP contribution >= 0.6 is 0 Å². The van der Waals surface area contributed by atoms with Crippen LogP contribution in [0.15, 0.2) is 91.1 Å². The van der Waals surface area contributed by atoms with Crippen LogP contribution in [-0.2, 0) is 17.5 Å². The van der Waals surface area contributed by atoms with E-state index in [2.05, 4.69) is 20.6 Å². The molecule has 0 saturated carbocycles. The van der Waals surface area contributed by atoms with Crippen LogP contribution in [-0.4, -0.2) is 15.9 Å². The van der Waals surface area contributed by atoms with Gasteiger partial charge in [0.25, 0.3) is 0 Å². The van der Waals surface area contributed by atoms with Gasteiger partial charge in [0.1, 0.15) is 11.6 Å². The number of rotatable bonds is 8. The molecule has 0 aliphatic heterocycles. The van der Waals surface area contributed by atoms with E-state index in [0.29, 0.717) is 41.8 Å². The first-order chi connectivity index (χ1) is 17.8. The normalized spacial score (nSPS) is 11.4. The number of aromatic nitrogens is 2. The summed E-state index contributed by atoms with van der Waals surface area (Å²) in [4.78, 5) is 20.7. The Labute approximate surface area is 209 Å². The van der Waals surface area contributed by atoms with Gasteiger partial charge in [-0.2, -0.15) is 18.2 Å². The third-order valence-corrected chi connectivity index (χ3v) is 4.97. The van der Waals surface area contributed by atoms with Gasteiger partial charge in [-0.1, -0.05) is 42.5 Å². The predicted molar refractivity (Wildman–Crippen MR) is 131 cm³/mol. The standard InChI is InChI=1S/C27H20F4N4O2/c28-23-11-10-20(16-22(23)27(29,30)31)34-24(36)12-9-18-7-4-8-21(15-18)37-25-13-14-32-26(35-25)33-17-19-5-2-1-3-6-19/h1-16H,17H2,(H,34,36)(H,32,33,35). The number of benzene rings is 3. The molecule has 1 aromatic heterocycles. The number of amides is 1. The van der Waals surface area contributed by atoms with Crippen LogP contribution in [0.4, 0.5) is 29.2 Å². The summed E-state index contributed by atoms with van der Waals surface area (Å²) < 4.78 is 57.8. The summed E-state index contributed by atoms with van der Waals surface area (Å²) in [5.41, 5.74) is 0.0311. The molecular weight excluding hydrogens is 488 g/mol. The van der Waals surface area contributed by atoms with Gasteiger partial charge in [-0.15, -0.1) is 0 Å². The van der Waals surface area contributed by atoms with Gasteiger partial charge in [-0.3, -0.25) is 4.79 Å². The number of carbonyl (C=O) groups is 1. The molecule has 37 heavy (non-hydrogen) atoms. The predicted octanol–water partition coefficient (Wildman–Crippen LogP) is 6.69. The molecule has 4 rings (SSSR count). The van der Waals surface area contributed by atoms with E-state index in [1.54, 1.807) is 36.5 Å². The van der Waals surface area contributed by atoms with Crippen LogP contribution in [0.25, 0.3) is 6.08 Å². The van der Waals surface area contributed by atoms with Gasteiger partial charge >= 0.3 is 6.18 Å². The highest BCUT2D eigenvalue weighted by atomic mass is 19.4. The van der Waals surface area contributed by atoms with E-state index in [4.69, 9.17) is 4.74 Å². The molecule has 1 amide bonds. The Kier molecular flexibility index (Phi) is 7.77. The quantitative estimate of drug-likeness (QED) is 0.205. The number of carbonyl (C=O) groups excluding carboxylic acids is 1. The second kappa shape index (κ2) is 11.3. The molecule has 3 aromatic carbocycles. The fourth-order valence-electron chi connectivity index (χ4n) is 3.24. The van der Waals surface area contributed by atoms with Crippen LogP contribution in [0.5, 0.6) is 11.6 Å². The number of halogens is 4. The summed E-state index contributed by atoms with van der Waals surface area (Å²) >= 11 is 0. The lowest BCUT2D eigenvalue weighted by Crippen LogP contribution is -2.12. The fourth-order valence-corrected chi connectivity index (χ4v) is 3.24. The maximum atomic E-state index is 13.4. The van der Waals surface area contributed by atoms with Gasteiger partial charge in [-0.25, -0.2) is 9.37 Å². The summed E-state index contributed by atoms with van der Waals surface area (Å²) in [5.74, 6) is -0.954. The van der Waals surface area contributed by atoms with E-state index in [0.717, 1.165) is 17.7 Å². The summed E-state index contributed by atoms with van der Waals surface area (Å²) in [6, 6.07) is 20.4. The number of nitrogens with one attached hydrogen (secondary N) is 2. The average Bonchev–Trinajstić information content (AvgIpc) is 2.88. The lowest BCUT2D eigenvalue weighted by atomic mass is 10.1. The molecular formula is C27H20F4N4O2. The Morgan fingerprint density at radius 3 is 2.57 bits per heavy atom. The van der Waals surface area contributed by atoms with Gasteiger partial charge in [0, 0.05) is 30.6 Å². The molecule has 4 aromatic rings. The van der Waals surface area contributed by atoms with Crippen LogP contribution in [0.1, 0.15) is 16.7 Å².